The normalized spacial score (nSPS) is 19.7. The zero-order chi connectivity index (χ0) is 29.2. The van der Waals surface area contributed by atoms with Crippen molar-refractivity contribution in [2.24, 2.45) is 16.9 Å². The van der Waals surface area contributed by atoms with Gasteiger partial charge in [0, 0.05) is 58.1 Å². The molecule has 5 rings (SSSR count). The molecule has 222 valence electrons. The smallest absolute Gasteiger partial charge is 0.338 e. The minimum atomic E-state index is -0.946. The number of piperidine rings is 1. The molecule has 12 heteroatoms. The van der Waals surface area contributed by atoms with Gasteiger partial charge < -0.3 is 21.3 Å². The van der Waals surface area contributed by atoms with E-state index in [1.165, 1.54) is 35.8 Å². The Morgan fingerprint density at radius 3 is 2.22 bits per heavy atom. The molecule has 0 radical (unpaired) electrons. The fourth-order valence-electron chi connectivity index (χ4n) is 6.16. The van der Waals surface area contributed by atoms with Gasteiger partial charge in [0.15, 0.2) is 0 Å². The number of aromatic nitrogens is 2. The molecule has 2 aliphatic heterocycles. The number of nitrogens with two attached hydrogens (primary N) is 2. The van der Waals surface area contributed by atoms with Crippen LogP contribution in [-0.2, 0) is 11.2 Å². The highest BCUT2D eigenvalue weighted by Crippen LogP contribution is 2.47. The lowest BCUT2D eigenvalue weighted by atomic mass is 9.61. The van der Waals surface area contributed by atoms with Crippen molar-refractivity contribution in [3.63, 3.8) is 0 Å². The van der Waals surface area contributed by atoms with Crippen LogP contribution < -0.4 is 27.9 Å². The third-order valence-corrected chi connectivity index (χ3v) is 8.62. The maximum absolute atomic E-state index is 12.7. The molecule has 1 spiro atoms. The minimum absolute atomic E-state index is 0.141. The molecule has 0 unspecified atom stereocenters. The molecular formula is C29H43N9O3. The van der Waals surface area contributed by atoms with E-state index in [1.807, 2.05) is 24.3 Å². The number of carbonyl (C=O) groups is 2. The number of urea groups is 1. The molecule has 2 saturated heterocycles. The summed E-state index contributed by atoms with van der Waals surface area (Å²) in [4.78, 5) is 45.1. The van der Waals surface area contributed by atoms with Gasteiger partial charge in [-0.2, -0.15) is 4.98 Å². The Balaban J connectivity index is 1.07. The molecule has 3 fully saturated rings. The fourth-order valence-corrected chi connectivity index (χ4v) is 6.16. The molecule has 3 heterocycles. The third kappa shape index (κ3) is 6.95. The quantitative estimate of drug-likeness (QED) is 0.386. The molecule has 6 N–H and O–H groups in total. The zero-order valence-electron chi connectivity index (χ0n) is 24.1. The van der Waals surface area contributed by atoms with E-state index in [4.69, 9.17) is 11.5 Å². The molecule has 1 aliphatic carbocycles. The number of rotatable bonds is 7. The van der Waals surface area contributed by atoms with Gasteiger partial charge in [0.05, 0.1) is 11.2 Å². The number of nitrogens with one attached hydrogen (secondary N) is 2. The van der Waals surface area contributed by atoms with Gasteiger partial charge in [-0.25, -0.2) is 14.6 Å². The van der Waals surface area contributed by atoms with Gasteiger partial charge in [-0.1, -0.05) is 12.1 Å². The van der Waals surface area contributed by atoms with Gasteiger partial charge in [0.25, 0.3) is 0 Å². The standard InChI is InChI=1S/C29H43N9O3/c1-28(2,31)25(39)35-15-17-36(18-16-35)26(40)33-24-8-12-38(27(41)34-24)23-5-3-21(4-6-23)7-11-32-37-13-9-29(10-14-37)19-22(30)20-29/h3-6,8,12,22,32H,7,9-11,13-20,30-31H2,1-2H3,(H,33,34,40,41). The van der Waals surface area contributed by atoms with Gasteiger partial charge >= 0.3 is 11.7 Å². The molecular weight excluding hydrogens is 522 g/mol. The zero-order valence-corrected chi connectivity index (χ0v) is 24.1. The largest absolute Gasteiger partial charge is 0.354 e. The fraction of sp³-hybridized carbons (Fsp3) is 0.586. The molecule has 0 bridgehead atoms. The lowest BCUT2D eigenvalue weighted by molar-refractivity contribution is -0.137. The first kappa shape index (κ1) is 29.2. The monoisotopic (exact) mass is 565 g/mol. The van der Waals surface area contributed by atoms with Crippen LogP contribution in [0.4, 0.5) is 10.6 Å². The third-order valence-electron chi connectivity index (χ3n) is 8.62. The summed E-state index contributed by atoms with van der Waals surface area (Å²) in [6.45, 7) is 7.91. The molecule has 41 heavy (non-hydrogen) atoms. The van der Waals surface area contributed by atoms with Crippen molar-refractivity contribution < 1.29 is 9.59 Å². The molecule has 3 aliphatic rings. The number of carbonyl (C=O) groups excluding carboxylic acids is 2. The first-order chi connectivity index (χ1) is 19.5. The van der Waals surface area contributed by atoms with E-state index in [0.717, 1.165) is 26.1 Å². The maximum atomic E-state index is 12.7. The number of piperazine rings is 1. The first-order valence-corrected chi connectivity index (χ1v) is 14.6. The van der Waals surface area contributed by atoms with Crippen molar-refractivity contribution >= 4 is 17.8 Å². The number of hydrogen-bond donors (Lipinski definition) is 4. The second kappa shape index (κ2) is 11.9. The highest BCUT2D eigenvalue weighted by molar-refractivity contribution is 5.89. The number of amides is 3. The summed E-state index contributed by atoms with van der Waals surface area (Å²) in [6, 6.07) is 9.52. The summed E-state index contributed by atoms with van der Waals surface area (Å²) in [6.07, 6.45) is 7.30. The maximum Gasteiger partial charge on any atom is 0.354 e. The van der Waals surface area contributed by atoms with E-state index >= 15 is 0 Å². The molecule has 1 saturated carbocycles. The van der Waals surface area contributed by atoms with Gasteiger partial charge in [-0.15, -0.1) is 0 Å². The van der Waals surface area contributed by atoms with Crippen LogP contribution in [0.25, 0.3) is 5.69 Å². The lowest BCUT2D eigenvalue weighted by Gasteiger charge is -2.51. The second-order valence-corrected chi connectivity index (χ2v) is 12.4. The average molecular weight is 566 g/mol. The van der Waals surface area contributed by atoms with E-state index in [2.05, 4.69) is 20.7 Å². The van der Waals surface area contributed by atoms with Gasteiger partial charge in [0.2, 0.25) is 5.91 Å². The summed E-state index contributed by atoms with van der Waals surface area (Å²) in [7, 11) is 0. The van der Waals surface area contributed by atoms with Crippen LogP contribution in [0.2, 0.25) is 0 Å². The number of anilines is 1. The Morgan fingerprint density at radius 2 is 1.63 bits per heavy atom. The van der Waals surface area contributed by atoms with Crippen molar-refractivity contribution in [1.82, 2.24) is 29.8 Å². The predicted octanol–water partition coefficient (Wildman–Crippen LogP) is 0.896. The number of hydrazine groups is 1. The molecule has 12 nitrogen and oxygen atoms in total. The van der Waals surface area contributed by atoms with E-state index < -0.39 is 11.2 Å². The topological polar surface area (TPSA) is 155 Å². The predicted molar refractivity (Wildman–Crippen MR) is 157 cm³/mol. The molecule has 3 amide bonds. The lowest BCUT2D eigenvalue weighted by Crippen LogP contribution is -2.58. The van der Waals surface area contributed by atoms with Crippen molar-refractivity contribution in [3.8, 4) is 5.69 Å². The van der Waals surface area contributed by atoms with Crippen LogP contribution in [-0.4, -0.2) is 93.7 Å². The molecule has 1 aromatic heterocycles. The summed E-state index contributed by atoms with van der Waals surface area (Å²) in [5.41, 5.74) is 16.4. The van der Waals surface area contributed by atoms with Crippen LogP contribution in [0.1, 0.15) is 45.1 Å². The highest BCUT2D eigenvalue weighted by Gasteiger charge is 2.44. The Labute approximate surface area is 241 Å². The molecule has 1 aromatic carbocycles. The van der Waals surface area contributed by atoms with E-state index in [9.17, 15) is 14.4 Å². The average Bonchev–Trinajstić information content (AvgIpc) is 2.93. The Kier molecular flexibility index (Phi) is 8.46. The van der Waals surface area contributed by atoms with E-state index in [-0.39, 0.29) is 17.8 Å². The van der Waals surface area contributed by atoms with Crippen LogP contribution >= 0.6 is 0 Å². The number of nitrogens with zero attached hydrogens (tertiary/aromatic N) is 5. The van der Waals surface area contributed by atoms with Crippen molar-refractivity contribution in [1.29, 1.82) is 0 Å². The number of benzene rings is 1. The SMILES string of the molecule is CC(C)(N)C(=O)N1CCN(C(=O)Nc2ccn(-c3ccc(CCNN4CCC5(CC4)CC(N)C5)cc3)c(=O)n2)CC1. The van der Waals surface area contributed by atoms with Crippen LogP contribution in [0, 0.1) is 5.41 Å². The van der Waals surface area contributed by atoms with Gasteiger partial charge in [-0.3, -0.25) is 20.1 Å². The van der Waals surface area contributed by atoms with Gasteiger partial charge in [-0.05, 0) is 75.1 Å². The van der Waals surface area contributed by atoms with Crippen molar-refractivity contribution in [2.45, 2.75) is 57.5 Å². The van der Waals surface area contributed by atoms with Crippen molar-refractivity contribution in [3.05, 3.63) is 52.6 Å². The van der Waals surface area contributed by atoms with Crippen LogP contribution in [0.15, 0.2) is 41.3 Å². The van der Waals surface area contributed by atoms with Gasteiger partial charge in [0.1, 0.15) is 5.82 Å². The van der Waals surface area contributed by atoms with Crippen molar-refractivity contribution in [2.75, 3.05) is 51.1 Å². The van der Waals surface area contributed by atoms with E-state index in [1.54, 1.807) is 35.9 Å². The Hall–Kier alpha value is -3.32. The first-order valence-electron chi connectivity index (χ1n) is 14.6. The minimum Gasteiger partial charge on any atom is -0.338 e. The number of hydrogen-bond acceptors (Lipinski definition) is 8. The summed E-state index contributed by atoms with van der Waals surface area (Å²) in [5, 5.41) is 5.03. The highest BCUT2D eigenvalue weighted by atomic mass is 16.2. The van der Waals surface area contributed by atoms with Crippen LogP contribution in [0.5, 0.6) is 0 Å². The summed E-state index contributed by atoms with van der Waals surface area (Å²) in [5.74, 6) is 0.0437. The Bertz CT molecular complexity index is 1280. The second-order valence-electron chi connectivity index (χ2n) is 12.4. The molecule has 2 aromatic rings. The van der Waals surface area contributed by atoms with Crippen LogP contribution in [0.3, 0.4) is 0 Å². The Morgan fingerprint density at radius 1 is 1.00 bits per heavy atom. The van der Waals surface area contributed by atoms with E-state index in [0.29, 0.717) is 43.3 Å². The summed E-state index contributed by atoms with van der Waals surface area (Å²) >= 11 is 0. The summed E-state index contributed by atoms with van der Waals surface area (Å²) < 4.78 is 1.45. The molecule has 0 atom stereocenters.